The van der Waals surface area contributed by atoms with E-state index >= 15 is 0 Å². The molecule has 0 saturated carbocycles. The Bertz CT molecular complexity index is 603. The molecule has 2 aromatic rings. The molecule has 0 amide bonds. The standard InChI is InChI=1S/C14H11F4NO/c15-9-4-5-11(12(16)7-9)13(19)8-2-1-3-10(6-8)20-14(17)18/h1-7,13-14H,19H2. The van der Waals surface area contributed by atoms with E-state index in [1.165, 1.54) is 24.3 Å². The van der Waals surface area contributed by atoms with Crippen molar-refractivity contribution in [3.05, 3.63) is 65.2 Å². The van der Waals surface area contributed by atoms with Crippen LogP contribution in [0.25, 0.3) is 0 Å². The quantitative estimate of drug-likeness (QED) is 0.871. The zero-order valence-corrected chi connectivity index (χ0v) is 10.2. The highest BCUT2D eigenvalue weighted by atomic mass is 19.3. The molecule has 0 radical (unpaired) electrons. The maximum absolute atomic E-state index is 13.6. The highest BCUT2D eigenvalue weighted by Gasteiger charge is 2.15. The normalized spacial score (nSPS) is 12.5. The SMILES string of the molecule is NC(c1cccc(OC(F)F)c1)c1ccc(F)cc1F. The molecule has 0 saturated heterocycles. The first-order valence-electron chi connectivity index (χ1n) is 5.72. The molecule has 0 spiro atoms. The first-order valence-corrected chi connectivity index (χ1v) is 5.72. The Morgan fingerprint density at radius 3 is 2.40 bits per heavy atom. The molecule has 2 N–H and O–H groups in total. The predicted molar refractivity (Wildman–Crippen MR) is 65.5 cm³/mol. The van der Waals surface area contributed by atoms with Crippen LogP contribution in [-0.4, -0.2) is 6.61 Å². The third kappa shape index (κ3) is 3.27. The minimum atomic E-state index is -2.95. The second kappa shape index (κ2) is 5.92. The summed E-state index contributed by atoms with van der Waals surface area (Å²) >= 11 is 0. The molecular formula is C14H11F4NO. The number of benzene rings is 2. The number of nitrogens with two attached hydrogens (primary N) is 1. The summed E-state index contributed by atoms with van der Waals surface area (Å²) in [5.41, 5.74) is 6.31. The Hall–Kier alpha value is -2.08. The first-order chi connectivity index (χ1) is 9.47. The van der Waals surface area contributed by atoms with Gasteiger partial charge in [-0.1, -0.05) is 18.2 Å². The molecule has 0 bridgehead atoms. The molecule has 20 heavy (non-hydrogen) atoms. The molecule has 2 rings (SSSR count). The number of hydrogen-bond acceptors (Lipinski definition) is 2. The van der Waals surface area contributed by atoms with Gasteiger partial charge in [0, 0.05) is 11.6 Å². The van der Waals surface area contributed by atoms with Crippen LogP contribution < -0.4 is 10.5 Å². The third-order valence-corrected chi connectivity index (χ3v) is 2.74. The highest BCUT2D eigenvalue weighted by Crippen LogP contribution is 2.26. The van der Waals surface area contributed by atoms with Gasteiger partial charge in [-0.2, -0.15) is 8.78 Å². The van der Waals surface area contributed by atoms with Gasteiger partial charge in [-0.15, -0.1) is 0 Å². The molecule has 0 aliphatic heterocycles. The van der Waals surface area contributed by atoms with Crippen LogP contribution in [0.2, 0.25) is 0 Å². The van der Waals surface area contributed by atoms with Crippen LogP contribution in [-0.2, 0) is 0 Å². The molecule has 106 valence electrons. The summed E-state index contributed by atoms with van der Waals surface area (Å²) in [4.78, 5) is 0. The average molecular weight is 285 g/mol. The van der Waals surface area contributed by atoms with Crippen molar-refractivity contribution in [2.24, 2.45) is 5.73 Å². The van der Waals surface area contributed by atoms with E-state index in [1.807, 2.05) is 0 Å². The van der Waals surface area contributed by atoms with E-state index in [0.717, 1.165) is 6.07 Å². The second-order valence-electron chi connectivity index (χ2n) is 4.09. The van der Waals surface area contributed by atoms with Crippen LogP contribution in [0, 0.1) is 11.6 Å². The predicted octanol–water partition coefficient (Wildman–Crippen LogP) is 3.61. The molecule has 2 aromatic carbocycles. The van der Waals surface area contributed by atoms with Crippen LogP contribution >= 0.6 is 0 Å². The van der Waals surface area contributed by atoms with E-state index in [0.29, 0.717) is 11.6 Å². The van der Waals surface area contributed by atoms with Gasteiger partial charge in [0.15, 0.2) is 0 Å². The fourth-order valence-electron chi connectivity index (χ4n) is 1.82. The minimum absolute atomic E-state index is 0.0700. The van der Waals surface area contributed by atoms with Crippen LogP contribution in [0.3, 0.4) is 0 Å². The Kier molecular flexibility index (Phi) is 4.24. The van der Waals surface area contributed by atoms with Crippen molar-refractivity contribution in [2.45, 2.75) is 12.7 Å². The van der Waals surface area contributed by atoms with E-state index in [9.17, 15) is 17.6 Å². The molecule has 2 nitrogen and oxygen atoms in total. The minimum Gasteiger partial charge on any atom is -0.435 e. The number of alkyl halides is 2. The number of ether oxygens (including phenoxy) is 1. The number of rotatable bonds is 4. The molecule has 1 atom stereocenters. The summed E-state index contributed by atoms with van der Waals surface area (Å²) in [7, 11) is 0. The second-order valence-corrected chi connectivity index (χ2v) is 4.09. The smallest absolute Gasteiger partial charge is 0.387 e. The van der Waals surface area contributed by atoms with Gasteiger partial charge >= 0.3 is 6.61 Å². The van der Waals surface area contributed by atoms with Crippen molar-refractivity contribution in [2.75, 3.05) is 0 Å². The van der Waals surface area contributed by atoms with Crippen molar-refractivity contribution >= 4 is 0 Å². The fourth-order valence-corrected chi connectivity index (χ4v) is 1.82. The Morgan fingerprint density at radius 1 is 1.00 bits per heavy atom. The maximum Gasteiger partial charge on any atom is 0.387 e. The summed E-state index contributed by atoms with van der Waals surface area (Å²) in [6.07, 6.45) is 0. The zero-order valence-electron chi connectivity index (χ0n) is 10.2. The molecule has 1 unspecified atom stereocenters. The molecule has 0 aliphatic rings. The first kappa shape index (κ1) is 14.3. The van der Waals surface area contributed by atoms with Crippen molar-refractivity contribution in [3.63, 3.8) is 0 Å². The molecule has 6 heteroatoms. The van der Waals surface area contributed by atoms with Crippen LogP contribution in [0.5, 0.6) is 5.75 Å². The van der Waals surface area contributed by atoms with Gasteiger partial charge in [-0.05, 0) is 23.8 Å². The number of hydrogen-bond donors (Lipinski definition) is 1. The van der Waals surface area contributed by atoms with Gasteiger partial charge in [-0.25, -0.2) is 8.78 Å². The van der Waals surface area contributed by atoms with Crippen molar-refractivity contribution in [1.82, 2.24) is 0 Å². The Morgan fingerprint density at radius 2 is 1.75 bits per heavy atom. The van der Waals surface area contributed by atoms with Crippen LogP contribution in [0.1, 0.15) is 17.2 Å². The highest BCUT2D eigenvalue weighted by molar-refractivity contribution is 5.37. The lowest BCUT2D eigenvalue weighted by molar-refractivity contribution is -0.0498. The lowest BCUT2D eigenvalue weighted by Crippen LogP contribution is -2.14. The zero-order chi connectivity index (χ0) is 14.7. The summed E-state index contributed by atoms with van der Waals surface area (Å²) in [5, 5.41) is 0. The van der Waals surface area contributed by atoms with Crippen molar-refractivity contribution in [3.8, 4) is 5.75 Å². The van der Waals surface area contributed by atoms with E-state index in [2.05, 4.69) is 4.74 Å². The van der Waals surface area contributed by atoms with Gasteiger partial charge in [0.25, 0.3) is 0 Å². The van der Waals surface area contributed by atoms with E-state index in [-0.39, 0.29) is 11.3 Å². The van der Waals surface area contributed by atoms with Crippen molar-refractivity contribution in [1.29, 1.82) is 0 Å². The summed E-state index contributed by atoms with van der Waals surface area (Å²) in [6, 6.07) is 7.75. The average Bonchev–Trinajstić information content (AvgIpc) is 2.37. The Balaban J connectivity index is 2.30. The van der Waals surface area contributed by atoms with Crippen LogP contribution in [0.4, 0.5) is 17.6 Å². The maximum atomic E-state index is 13.6. The van der Waals surface area contributed by atoms with E-state index < -0.39 is 24.3 Å². The van der Waals surface area contributed by atoms with E-state index in [4.69, 9.17) is 5.73 Å². The van der Waals surface area contributed by atoms with Crippen molar-refractivity contribution < 1.29 is 22.3 Å². The molecule has 0 fully saturated rings. The Labute approximate surface area is 112 Å². The summed E-state index contributed by atoms with van der Waals surface area (Å²) in [5.74, 6) is -1.58. The van der Waals surface area contributed by atoms with E-state index in [1.54, 1.807) is 6.07 Å². The van der Waals surface area contributed by atoms with Gasteiger partial charge in [0.2, 0.25) is 0 Å². The summed E-state index contributed by atoms with van der Waals surface area (Å²) in [6.45, 7) is -2.95. The van der Waals surface area contributed by atoms with Gasteiger partial charge < -0.3 is 10.5 Å². The summed E-state index contributed by atoms with van der Waals surface area (Å²) < 4.78 is 55.0. The number of halogens is 4. The van der Waals surface area contributed by atoms with Gasteiger partial charge in [0.1, 0.15) is 17.4 Å². The monoisotopic (exact) mass is 285 g/mol. The largest absolute Gasteiger partial charge is 0.435 e. The fraction of sp³-hybridized carbons (Fsp3) is 0.143. The third-order valence-electron chi connectivity index (χ3n) is 2.74. The van der Waals surface area contributed by atoms with Gasteiger partial charge in [0.05, 0.1) is 6.04 Å². The lowest BCUT2D eigenvalue weighted by Gasteiger charge is -2.15. The lowest BCUT2D eigenvalue weighted by atomic mass is 9.99. The molecule has 0 aliphatic carbocycles. The molecule has 0 heterocycles. The van der Waals surface area contributed by atoms with Gasteiger partial charge in [-0.3, -0.25) is 0 Å². The van der Waals surface area contributed by atoms with Crippen LogP contribution in [0.15, 0.2) is 42.5 Å². The molecule has 0 aromatic heterocycles. The topological polar surface area (TPSA) is 35.2 Å². The molecular weight excluding hydrogens is 274 g/mol.